The Kier molecular flexibility index (Phi) is 4.94. The Morgan fingerprint density at radius 3 is 2.35 bits per heavy atom. The molecule has 0 amide bonds. The van der Waals surface area contributed by atoms with Gasteiger partial charge < -0.3 is 10.1 Å². The molecule has 1 N–H and O–H groups in total. The molecule has 1 aromatic carbocycles. The lowest BCUT2D eigenvalue weighted by Crippen LogP contribution is -2.36. The van der Waals surface area contributed by atoms with Crippen LogP contribution >= 0.6 is 0 Å². The van der Waals surface area contributed by atoms with E-state index in [0.29, 0.717) is 17.4 Å². The molecule has 0 bridgehead atoms. The summed E-state index contributed by atoms with van der Waals surface area (Å²) in [6, 6.07) is 5.90. The lowest BCUT2D eigenvalue weighted by atomic mass is 9.93. The van der Waals surface area contributed by atoms with E-state index in [9.17, 15) is 4.39 Å². The third-order valence-corrected chi connectivity index (χ3v) is 3.05. The lowest BCUT2D eigenvalue weighted by molar-refractivity contribution is 0.376. The maximum Gasteiger partial charge on any atom is 0.168 e. The zero-order valence-electron chi connectivity index (χ0n) is 11.3. The predicted molar refractivity (Wildman–Crippen MR) is 69.1 cm³/mol. The van der Waals surface area contributed by atoms with Crippen molar-refractivity contribution < 1.29 is 9.13 Å². The second kappa shape index (κ2) is 6.01. The Balaban J connectivity index is 2.92. The number of rotatable bonds is 5. The summed E-state index contributed by atoms with van der Waals surface area (Å²) in [5, 5.41) is 3.40. The number of hydrogen-bond acceptors (Lipinski definition) is 2. The maximum absolute atomic E-state index is 14.1. The fraction of sp³-hybridized carbons (Fsp3) is 0.571. The van der Waals surface area contributed by atoms with Crippen molar-refractivity contribution in [1.29, 1.82) is 0 Å². The molecule has 0 aliphatic carbocycles. The van der Waals surface area contributed by atoms with Gasteiger partial charge in [-0.25, -0.2) is 4.39 Å². The summed E-state index contributed by atoms with van der Waals surface area (Å²) in [6.07, 6.45) is 0. The highest BCUT2D eigenvalue weighted by atomic mass is 19.1. The maximum atomic E-state index is 14.1. The number of halogens is 1. The molecule has 0 aliphatic heterocycles. The molecule has 0 fully saturated rings. The van der Waals surface area contributed by atoms with Crippen molar-refractivity contribution in [2.45, 2.75) is 45.7 Å². The van der Waals surface area contributed by atoms with Gasteiger partial charge in [-0.05, 0) is 24.5 Å². The molecular weight excluding hydrogens is 217 g/mol. The molecule has 3 heteroatoms. The normalized spacial score (nSPS) is 14.8. The molecule has 96 valence electrons. The van der Waals surface area contributed by atoms with Gasteiger partial charge in [0, 0.05) is 12.1 Å². The summed E-state index contributed by atoms with van der Waals surface area (Å²) in [7, 11) is 1.49. The highest BCUT2D eigenvalue weighted by Gasteiger charge is 2.20. The minimum Gasteiger partial charge on any atom is -0.494 e. The van der Waals surface area contributed by atoms with Gasteiger partial charge in [0.2, 0.25) is 0 Å². The van der Waals surface area contributed by atoms with E-state index in [4.69, 9.17) is 4.74 Å². The summed E-state index contributed by atoms with van der Waals surface area (Å²) in [4.78, 5) is 0. The topological polar surface area (TPSA) is 21.3 Å². The standard InChI is InChI=1S/C14H22FNO/c1-9(2)16-11(4)10(3)12-7-6-8-13(17-5)14(12)15/h6-11,16H,1-5H3. The van der Waals surface area contributed by atoms with E-state index in [1.54, 1.807) is 6.07 Å². The number of benzene rings is 1. The molecule has 2 unspecified atom stereocenters. The van der Waals surface area contributed by atoms with Gasteiger partial charge in [0.05, 0.1) is 7.11 Å². The summed E-state index contributed by atoms with van der Waals surface area (Å²) in [5.74, 6) is 0.165. The second-order valence-electron chi connectivity index (χ2n) is 4.76. The summed E-state index contributed by atoms with van der Waals surface area (Å²) >= 11 is 0. The number of ether oxygens (including phenoxy) is 1. The molecule has 17 heavy (non-hydrogen) atoms. The highest BCUT2D eigenvalue weighted by Crippen LogP contribution is 2.28. The van der Waals surface area contributed by atoms with Crippen molar-refractivity contribution in [2.24, 2.45) is 0 Å². The molecule has 1 rings (SSSR count). The number of hydrogen-bond donors (Lipinski definition) is 1. The van der Waals surface area contributed by atoms with Gasteiger partial charge in [-0.1, -0.05) is 32.9 Å². The Morgan fingerprint density at radius 2 is 1.82 bits per heavy atom. The van der Waals surface area contributed by atoms with E-state index >= 15 is 0 Å². The van der Waals surface area contributed by atoms with Crippen LogP contribution in [0.15, 0.2) is 18.2 Å². The van der Waals surface area contributed by atoms with E-state index in [0.717, 1.165) is 0 Å². The molecule has 0 aliphatic rings. The Morgan fingerprint density at radius 1 is 1.18 bits per heavy atom. The van der Waals surface area contributed by atoms with Gasteiger partial charge in [-0.2, -0.15) is 0 Å². The van der Waals surface area contributed by atoms with Crippen molar-refractivity contribution in [1.82, 2.24) is 5.32 Å². The van der Waals surface area contributed by atoms with Crippen molar-refractivity contribution >= 4 is 0 Å². The molecule has 2 atom stereocenters. The lowest BCUT2D eigenvalue weighted by Gasteiger charge is -2.24. The second-order valence-corrected chi connectivity index (χ2v) is 4.76. The van der Waals surface area contributed by atoms with Crippen molar-refractivity contribution in [3.63, 3.8) is 0 Å². The smallest absolute Gasteiger partial charge is 0.168 e. The van der Waals surface area contributed by atoms with Crippen LogP contribution in [0.5, 0.6) is 5.75 Å². The van der Waals surface area contributed by atoms with Crippen LogP contribution in [0.2, 0.25) is 0 Å². The van der Waals surface area contributed by atoms with E-state index in [-0.39, 0.29) is 17.8 Å². The van der Waals surface area contributed by atoms with Crippen LogP contribution in [0.25, 0.3) is 0 Å². The number of nitrogens with one attached hydrogen (secondary N) is 1. The van der Waals surface area contributed by atoms with Gasteiger partial charge in [0.1, 0.15) is 0 Å². The van der Waals surface area contributed by atoms with E-state index in [2.05, 4.69) is 26.1 Å². The monoisotopic (exact) mass is 239 g/mol. The van der Waals surface area contributed by atoms with E-state index < -0.39 is 0 Å². The zero-order valence-corrected chi connectivity index (χ0v) is 11.3. The highest BCUT2D eigenvalue weighted by molar-refractivity contribution is 5.33. The van der Waals surface area contributed by atoms with E-state index in [1.165, 1.54) is 7.11 Å². The van der Waals surface area contributed by atoms with Gasteiger partial charge in [-0.3, -0.25) is 0 Å². The largest absolute Gasteiger partial charge is 0.494 e. The molecule has 0 heterocycles. The fourth-order valence-corrected chi connectivity index (χ4v) is 1.98. The number of methoxy groups -OCH3 is 1. The third kappa shape index (κ3) is 3.43. The molecule has 1 aromatic rings. The molecular formula is C14H22FNO. The Labute approximate surface area is 103 Å². The fourth-order valence-electron chi connectivity index (χ4n) is 1.98. The SMILES string of the molecule is COc1cccc(C(C)C(C)NC(C)C)c1F. The Hall–Kier alpha value is -1.09. The minimum absolute atomic E-state index is 0.104. The van der Waals surface area contributed by atoms with E-state index in [1.807, 2.05) is 19.1 Å². The predicted octanol–water partition coefficient (Wildman–Crippen LogP) is 3.32. The van der Waals surface area contributed by atoms with Crippen LogP contribution in [0.3, 0.4) is 0 Å². The zero-order chi connectivity index (χ0) is 13.0. The minimum atomic E-state index is -0.250. The van der Waals surface area contributed by atoms with Gasteiger partial charge in [0.25, 0.3) is 0 Å². The summed E-state index contributed by atoms with van der Waals surface area (Å²) in [5.41, 5.74) is 0.699. The van der Waals surface area contributed by atoms with Gasteiger partial charge >= 0.3 is 0 Å². The quantitative estimate of drug-likeness (QED) is 0.851. The van der Waals surface area contributed by atoms with Crippen LogP contribution in [0.4, 0.5) is 4.39 Å². The Bertz CT molecular complexity index is 365. The molecule has 0 saturated heterocycles. The first kappa shape index (κ1) is 14.0. The average molecular weight is 239 g/mol. The first-order valence-corrected chi connectivity index (χ1v) is 6.05. The third-order valence-electron chi connectivity index (χ3n) is 3.05. The molecule has 0 radical (unpaired) electrons. The molecule has 0 aromatic heterocycles. The molecule has 0 spiro atoms. The van der Waals surface area contributed by atoms with Crippen LogP contribution < -0.4 is 10.1 Å². The van der Waals surface area contributed by atoms with Crippen molar-refractivity contribution in [3.05, 3.63) is 29.6 Å². The first-order chi connectivity index (χ1) is 7.97. The van der Waals surface area contributed by atoms with Crippen LogP contribution in [-0.4, -0.2) is 19.2 Å². The summed E-state index contributed by atoms with van der Waals surface area (Å²) < 4.78 is 19.1. The van der Waals surface area contributed by atoms with Crippen LogP contribution in [0, 0.1) is 5.82 Å². The van der Waals surface area contributed by atoms with Crippen LogP contribution in [-0.2, 0) is 0 Å². The van der Waals surface area contributed by atoms with Crippen molar-refractivity contribution in [3.8, 4) is 5.75 Å². The van der Waals surface area contributed by atoms with Gasteiger partial charge in [0.15, 0.2) is 11.6 Å². The van der Waals surface area contributed by atoms with Crippen LogP contribution in [0.1, 0.15) is 39.2 Å². The van der Waals surface area contributed by atoms with Crippen molar-refractivity contribution in [2.75, 3.05) is 7.11 Å². The first-order valence-electron chi connectivity index (χ1n) is 6.05. The molecule has 0 saturated carbocycles. The van der Waals surface area contributed by atoms with Gasteiger partial charge in [-0.15, -0.1) is 0 Å². The molecule has 2 nitrogen and oxygen atoms in total. The average Bonchev–Trinajstić information content (AvgIpc) is 2.27. The summed E-state index contributed by atoms with van der Waals surface area (Å²) in [6.45, 7) is 8.28.